The normalized spacial score (nSPS) is 20.5. The predicted octanol–water partition coefficient (Wildman–Crippen LogP) is 2.78. The standard InChI is InChI=1S/C12H16ClNO/c1-9-7-10(13)4-5-12(9)15-8-11-3-2-6-14-11/h4-5,7,11,14H,2-3,6,8H2,1H3/t11-/m0/s1. The minimum Gasteiger partial charge on any atom is -0.492 e. The summed E-state index contributed by atoms with van der Waals surface area (Å²) in [6.07, 6.45) is 2.47. The van der Waals surface area contributed by atoms with E-state index >= 15 is 0 Å². The van der Waals surface area contributed by atoms with Crippen molar-refractivity contribution >= 4 is 11.6 Å². The van der Waals surface area contributed by atoms with Crippen LogP contribution in [0.2, 0.25) is 5.02 Å². The van der Waals surface area contributed by atoms with E-state index in [0.29, 0.717) is 6.04 Å². The molecule has 82 valence electrons. The van der Waals surface area contributed by atoms with Crippen LogP contribution in [0, 0.1) is 6.92 Å². The van der Waals surface area contributed by atoms with Crippen molar-refractivity contribution in [1.29, 1.82) is 0 Å². The molecule has 0 aliphatic carbocycles. The molecular formula is C12H16ClNO. The highest BCUT2D eigenvalue weighted by Crippen LogP contribution is 2.22. The predicted molar refractivity (Wildman–Crippen MR) is 62.7 cm³/mol. The number of benzene rings is 1. The lowest BCUT2D eigenvalue weighted by atomic mass is 10.2. The average Bonchev–Trinajstić information content (AvgIpc) is 2.69. The monoisotopic (exact) mass is 225 g/mol. The Bertz CT molecular complexity index is 334. The van der Waals surface area contributed by atoms with Crippen LogP contribution in [0.3, 0.4) is 0 Å². The van der Waals surface area contributed by atoms with Gasteiger partial charge in [0.05, 0.1) is 0 Å². The molecule has 1 aliphatic heterocycles. The third-order valence-electron chi connectivity index (χ3n) is 2.74. The number of hydrogen-bond acceptors (Lipinski definition) is 2. The van der Waals surface area contributed by atoms with Crippen molar-refractivity contribution in [3.05, 3.63) is 28.8 Å². The van der Waals surface area contributed by atoms with Crippen LogP contribution in [0.4, 0.5) is 0 Å². The summed E-state index contributed by atoms with van der Waals surface area (Å²) in [5, 5.41) is 4.17. The van der Waals surface area contributed by atoms with Crippen LogP contribution in [0.5, 0.6) is 5.75 Å². The third kappa shape index (κ3) is 2.86. The first-order chi connectivity index (χ1) is 7.25. The van der Waals surface area contributed by atoms with Crippen LogP contribution in [0.1, 0.15) is 18.4 Å². The molecule has 1 saturated heterocycles. The van der Waals surface area contributed by atoms with Crippen molar-refractivity contribution in [3.8, 4) is 5.75 Å². The Hall–Kier alpha value is -0.730. The molecule has 1 atom stereocenters. The van der Waals surface area contributed by atoms with Crippen LogP contribution in [-0.2, 0) is 0 Å². The zero-order valence-electron chi connectivity index (χ0n) is 8.92. The van der Waals surface area contributed by atoms with Gasteiger partial charge in [0.25, 0.3) is 0 Å². The molecule has 1 N–H and O–H groups in total. The lowest BCUT2D eigenvalue weighted by molar-refractivity contribution is 0.275. The van der Waals surface area contributed by atoms with Crippen molar-refractivity contribution in [1.82, 2.24) is 5.32 Å². The summed E-state index contributed by atoms with van der Waals surface area (Å²) >= 11 is 5.88. The average molecular weight is 226 g/mol. The Morgan fingerprint density at radius 2 is 2.40 bits per heavy atom. The van der Waals surface area contributed by atoms with E-state index in [9.17, 15) is 0 Å². The molecule has 1 fully saturated rings. The molecule has 1 heterocycles. The molecule has 1 aliphatic rings. The first-order valence-electron chi connectivity index (χ1n) is 5.38. The van der Waals surface area contributed by atoms with Gasteiger partial charge in [0.15, 0.2) is 0 Å². The lowest BCUT2D eigenvalue weighted by Crippen LogP contribution is -2.28. The summed E-state index contributed by atoms with van der Waals surface area (Å²) in [5.41, 5.74) is 1.10. The lowest BCUT2D eigenvalue weighted by Gasteiger charge is -2.13. The second-order valence-corrected chi connectivity index (χ2v) is 4.45. The van der Waals surface area contributed by atoms with E-state index in [1.165, 1.54) is 12.8 Å². The van der Waals surface area contributed by atoms with E-state index in [4.69, 9.17) is 16.3 Å². The van der Waals surface area contributed by atoms with Crippen LogP contribution in [0.25, 0.3) is 0 Å². The summed E-state index contributed by atoms with van der Waals surface area (Å²) < 4.78 is 5.75. The number of halogens is 1. The van der Waals surface area contributed by atoms with Gasteiger partial charge in [0.2, 0.25) is 0 Å². The smallest absolute Gasteiger partial charge is 0.122 e. The van der Waals surface area contributed by atoms with Crippen molar-refractivity contribution in [2.24, 2.45) is 0 Å². The molecule has 1 aromatic carbocycles. The minimum absolute atomic E-state index is 0.514. The second kappa shape index (κ2) is 4.86. The number of nitrogens with one attached hydrogen (secondary N) is 1. The molecule has 0 amide bonds. The maximum atomic E-state index is 5.88. The van der Waals surface area contributed by atoms with Crippen LogP contribution in [0.15, 0.2) is 18.2 Å². The zero-order valence-corrected chi connectivity index (χ0v) is 9.68. The van der Waals surface area contributed by atoms with E-state index < -0.39 is 0 Å². The van der Waals surface area contributed by atoms with Gasteiger partial charge in [-0.2, -0.15) is 0 Å². The fraction of sp³-hybridized carbons (Fsp3) is 0.500. The summed E-state index contributed by atoms with van der Waals surface area (Å²) in [5.74, 6) is 0.938. The van der Waals surface area contributed by atoms with E-state index in [2.05, 4.69) is 5.32 Å². The Morgan fingerprint density at radius 3 is 3.07 bits per heavy atom. The van der Waals surface area contributed by atoms with Gasteiger partial charge >= 0.3 is 0 Å². The van der Waals surface area contributed by atoms with Gasteiger partial charge in [-0.05, 0) is 50.1 Å². The topological polar surface area (TPSA) is 21.3 Å². The van der Waals surface area contributed by atoms with Crippen molar-refractivity contribution < 1.29 is 4.74 Å². The molecule has 1 aromatic rings. The highest BCUT2D eigenvalue weighted by molar-refractivity contribution is 6.30. The number of rotatable bonds is 3. The summed E-state index contributed by atoms with van der Waals surface area (Å²) in [6, 6.07) is 6.25. The van der Waals surface area contributed by atoms with E-state index in [-0.39, 0.29) is 0 Å². The Labute approximate surface area is 95.6 Å². The summed E-state index contributed by atoms with van der Waals surface area (Å²) in [4.78, 5) is 0. The number of aryl methyl sites for hydroxylation is 1. The first kappa shape index (κ1) is 10.8. The van der Waals surface area contributed by atoms with Crippen LogP contribution >= 0.6 is 11.6 Å². The highest BCUT2D eigenvalue weighted by atomic mass is 35.5. The summed E-state index contributed by atoms with van der Waals surface area (Å²) in [7, 11) is 0. The molecule has 15 heavy (non-hydrogen) atoms. The fourth-order valence-electron chi connectivity index (χ4n) is 1.86. The molecule has 2 nitrogen and oxygen atoms in total. The number of hydrogen-bond donors (Lipinski definition) is 1. The van der Waals surface area contributed by atoms with E-state index in [0.717, 1.165) is 29.5 Å². The van der Waals surface area contributed by atoms with Crippen LogP contribution < -0.4 is 10.1 Å². The Morgan fingerprint density at radius 1 is 1.53 bits per heavy atom. The number of ether oxygens (including phenoxy) is 1. The van der Waals surface area contributed by atoms with Gasteiger partial charge in [-0.1, -0.05) is 11.6 Å². The van der Waals surface area contributed by atoms with Gasteiger partial charge in [-0.25, -0.2) is 0 Å². The van der Waals surface area contributed by atoms with Crippen molar-refractivity contribution in [2.45, 2.75) is 25.8 Å². The first-order valence-corrected chi connectivity index (χ1v) is 5.76. The fourth-order valence-corrected chi connectivity index (χ4v) is 2.09. The largest absolute Gasteiger partial charge is 0.492 e. The third-order valence-corrected chi connectivity index (χ3v) is 2.97. The van der Waals surface area contributed by atoms with Crippen molar-refractivity contribution in [2.75, 3.05) is 13.2 Å². The quantitative estimate of drug-likeness (QED) is 0.854. The summed E-state index contributed by atoms with van der Waals surface area (Å²) in [6.45, 7) is 3.89. The van der Waals surface area contributed by atoms with E-state index in [1.54, 1.807) is 0 Å². The molecule has 0 spiro atoms. The van der Waals surface area contributed by atoms with Gasteiger partial charge in [-0.3, -0.25) is 0 Å². The molecular weight excluding hydrogens is 210 g/mol. The van der Waals surface area contributed by atoms with Gasteiger partial charge in [-0.15, -0.1) is 0 Å². The van der Waals surface area contributed by atoms with E-state index in [1.807, 2.05) is 25.1 Å². The second-order valence-electron chi connectivity index (χ2n) is 4.01. The Kier molecular flexibility index (Phi) is 3.49. The molecule has 0 aromatic heterocycles. The minimum atomic E-state index is 0.514. The molecule has 3 heteroatoms. The highest BCUT2D eigenvalue weighted by Gasteiger charge is 2.14. The van der Waals surface area contributed by atoms with Gasteiger partial charge in [0.1, 0.15) is 12.4 Å². The maximum Gasteiger partial charge on any atom is 0.122 e. The van der Waals surface area contributed by atoms with Crippen LogP contribution in [-0.4, -0.2) is 19.2 Å². The maximum absolute atomic E-state index is 5.88. The molecule has 2 rings (SSSR count). The van der Waals surface area contributed by atoms with Gasteiger partial charge in [0, 0.05) is 11.1 Å². The molecule has 0 bridgehead atoms. The van der Waals surface area contributed by atoms with Gasteiger partial charge < -0.3 is 10.1 Å². The Balaban J connectivity index is 1.92. The zero-order chi connectivity index (χ0) is 10.7. The van der Waals surface area contributed by atoms with Crippen molar-refractivity contribution in [3.63, 3.8) is 0 Å². The molecule has 0 radical (unpaired) electrons. The SMILES string of the molecule is Cc1cc(Cl)ccc1OC[C@@H]1CCCN1. The molecule has 0 unspecified atom stereocenters. The molecule has 0 saturated carbocycles.